The Morgan fingerprint density at radius 2 is 1.91 bits per heavy atom. The average Bonchev–Trinajstić information content (AvgIpc) is 1.91. The number of hydrogen-bond acceptors (Lipinski definition) is 3. The van der Waals surface area contributed by atoms with Crippen molar-refractivity contribution in [2.75, 3.05) is 0 Å². The number of ketones is 1. The number of carbonyl (C=O) groups is 1. The molecule has 0 aromatic carbocycles. The van der Waals surface area contributed by atoms with E-state index in [1.54, 1.807) is 13.8 Å². The fourth-order valence-corrected chi connectivity index (χ4v) is 1.73. The van der Waals surface area contributed by atoms with E-state index in [1.807, 2.05) is 0 Å². The zero-order valence-electron chi connectivity index (χ0n) is 7.09. The molecule has 0 aromatic heterocycles. The summed E-state index contributed by atoms with van der Waals surface area (Å²) in [5.74, 6) is -0.262. The topological polar surface area (TPSA) is 57.5 Å². The van der Waals surface area contributed by atoms with Gasteiger partial charge in [0.15, 0.2) is 5.78 Å². The molecule has 0 aromatic rings. The molecule has 0 saturated heterocycles. The van der Waals surface area contributed by atoms with E-state index in [2.05, 4.69) is 0 Å². The minimum absolute atomic E-state index is 0.262. The van der Waals surface area contributed by atoms with Gasteiger partial charge in [-0.15, -0.1) is 0 Å². The Morgan fingerprint density at radius 3 is 2.00 bits per heavy atom. The van der Waals surface area contributed by atoms with Crippen LogP contribution in [-0.4, -0.2) is 27.7 Å². The molecule has 2 N–H and O–H groups in total. The van der Waals surface area contributed by atoms with Crippen molar-refractivity contribution in [2.45, 2.75) is 38.9 Å². The summed E-state index contributed by atoms with van der Waals surface area (Å²) in [7, 11) is 0. The number of Topliss-reactive ketones (excluding diaryl/α,β-unsaturated/α-hetero) is 1. The zero-order valence-corrected chi connectivity index (χ0v) is 7.09. The number of aliphatic hydroxyl groups is 2. The van der Waals surface area contributed by atoms with Crippen molar-refractivity contribution in [3.8, 4) is 0 Å². The summed E-state index contributed by atoms with van der Waals surface area (Å²) >= 11 is 0. The van der Waals surface area contributed by atoms with Gasteiger partial charge in [0.2, 0.25) is 0 Å². The Bertz CT molecular complexity index is 194. The third kappa shape index (κ3) is 1.19. The summed E-state index contributed by atoms with van der Waals surface area (Å²) in [6, 6.07) is 0. The number of hydrogen-bond donors (Lipinski definition) is 2. The molecular formula is C8H14O3. The predicted molar refractivity (Wildman–Crippen MR) is 40.0 cm³/mol. The molecule has 0 spiro atoms. The van der Waals surface area contributed by atoms with Crippen LogP contribution in [0.25, 0.3) is 0 Å². The van der Waals surface area contributed by atoms with Crippen LogP contribution in [0.15, 0.2) is 0 Å². The Morgan fingerprint density at radius 1 is 1.45 bits per heavy atom. The largest absolute Gasteiger partial charge is 0.387 e. The van der Waals surface area contributed by atoms with E-state index >= 15 is 0 Å². The molecule has 0 amide bonds. The van der Waals surface area contributed by atoms with Crippen LogP contribution >= 0.6 is 0 Å². The number of carbonyl (C=O) groups excluding carboxylic acids is 1. The first-order valence-electron chi connectivity index (χ1n) is 3.72. The van der Waals surface area contributed by atoms with Gasteiger partial charge < -0.3 is 10.2 Å². The summed E-state index contributed by atoms with van der Waals surface area (Å²) in [6.07, 6.45) is -0.877. The van der Waals surface area contributed by atoms with Crippen molar-refractivity contribution in [3.05, 3.63) is 0 Å². The van der Waals surface area contributed by atoms with Gasteiger partial charge in [-0.3, -0.25) is 4.79 Å². The Balaban J connectivity index is 2.96. The van der Waals surface area contributed by atoms with Crippen LogP contribution in [0, 0.1) is 5.41 Å². The van der Waals surface area contributed by atoms with Gasteiger partial charge in [-0.25, -0.2) is 0 Å². The normalized spacial score (nSPS) is 43.0. The van der Waals surface area contributed by atoms with Crippen LogP contribution in [0.5, 0.6) is 0 Å². The first kappa shape index (κ1) is 8.68. The van der Waals surface area contributed by atoms with Gasteiger partial charge in [-0.05, 0) is 13.3 Å². The van der Waals surface area contributed by atoms with Crippen LogP contribution in [0.2, 0.25) is 0 Å². The first-order valence-corrected chi connectivity index (χ1v) is 3.72. The second-order valence-electron chi connectivity index (χ2n) is 4.18. The summed E-state index contributed by atoms with van der Waals surface area (Å²) in [5.41, 5.74) is -1.82. The van der Waals surface area contributed by atoms with E-state index in [0.717, 1.165) is 0 Å². The molecule has 0 radical (unpaired) electrons. The first-order chi connectivity index (χ1) is 4.77. The molecule has 3 heteroatoms. The van der Waals surface area contributed by atoms with Crippen LogP contribution in [0.1, 0.15) is 27.2 Å². The second kappa shape index (κ2) is 2.05. The quantitative estimate of drug-likeness (QED) is 0.525. The molecule has 0 aliphatic heterocycles. The number of aliphatic hydroxyl groups excluding tert-OH is 1. The molecule has 1 fully saturated rings. The monoisotopic (exact) mass is 158 g/mol. The van der Waals surface area contributed by atoms with E-state index in [9.17, 15) is 15.0 Å². The predicted octanol–water partition coefficient (Wildman–Crippen LogP) is 0.0973. The van der Waals surface area contributed by atoms with Gasteiger partial charge in [-0.1, -0.05) is 13.8 Å². The lowest BCUT2D eigenvalue weighted by atomic mass is 9.89. The third-order valence-corrected chi connectivity index (χ3v) is 2.30. The van der Waals surface area contributed by atoms with Crippen molar-refractivity contribution in [1.29, 1.82) is 0 Å². The second-order valence-corrected chi connectivity index (χ2v) is 4.18. The Hall–Kier alpha value is -0.410. The summed E-state index contributed by atoms with van der Waals surface area (Å²) in [4.78, 5) is 11.2. The lowest BCUT2D eigenvalue weighted by Crippen LogP contribution is -2.37. The molecular weight excluding hydrogens is 144 g/mol. The highest BCUT2D eigenvalue weighted by Crippen LogP contribution is 2.40. The van der Waals surface area contributed by atoms with Gasteiger partial charge in [0.05, 0.1) is 5.60 Å². The Labute approximate surface area is 66.0 Å². The minimum Gasteiger partial charge on any atom is -0.387 e. The smallest absolute Gasteiger partial charge is 0.169 e. The van der Waals surface area contributed by atoms with Gasteiger partial charge >= 0.3 is 0 Å². The number of rotatable bonds is 0. The summed E-state index contributed by atoms with van der Waals surface area (Å²) in [5, 5.41) is 18.8. The van der Waals surface area contributed by atoms with Gasteiger partial charge in [0.1, 0.15) is 6.10 Å². The van der Waals surface area contributed by atoms with Crippen molar-refractivity contribution in [2.24, 2.45) is 5.41 Å². The highest BCUT2D eigenvalue weighted by atomic mass is 16.3. The average molecular weight is 158 g/mol. The zero-order chi connectivity index (χ0) is 8.86. The molecule has 0 bridgehead atoms. The lowest BCUT2D eigenvalue weighted by Gasteiger charge is -2.19. The third-order valence-electron chi connectivity index (χ3n) is 2.30. The van der Waals surface area contributed by atoms with E-state index in [-0.39, 0.29) is 5.78 Å². The van der Waals surface area contributed by atoms with Gasteiger partial charge in [0.25, 0.3) is 0 Å². The molecule has 2 atom stereocenters. The van der Waals surface area contributed by atoms with E-state index in [4.69, 9.17) is 0 Å². The maximum absolute atomic E-state index is 11.2. The molecule has 2 unspecified atom stereocenters. The molecule has 1 aliphatic rings. The van der Waals surface area contributed by atoms with E-state index in [0.29, 0.717) is 6.42 Å². The fourth-order valence-electron chi connectivity index (χ4n) is 1.73. The van der Waals surface area contributed by atoms with Crippen molar-refractivity contribution in [1.82, 2.24) is 0 Å². The van der Waals surface area contributed by atoms with Gasteiger partial charge in [-0.2, -0.15) is 0 Å². The van der Waals surface area contributed by atoms with Crippen LogP contribution < -0.4 is 0 Å². The molecule has 3 nitrogen and oxygen atoms in total. The maximum atomic E-state index is 11.2. The van der Waals surface area contributed by atoms with Crippen molar-refractivity contribution >= 4 is 5.78 Å². The van der Waals surface area contributed by atoms with Crippen LogP contribution in [0.3, 0.4) is 0 Å². The van der Waals surface area contributed by atoms with Crippen molar-refractivity contribution in [3.63, 3.8) is 0 Å². The molecule has 64 valence electrons. The van der Waals surface area contributed by atoms with E-state index in [1.165, 1.54) is 6.92 Å². The standard InChI is InChI=1S/C8H14O3/c1-7(2)4-8(3,11)6(10)5(7)9/h6,10-11H,4H2,1-3H3. The van der Waals surface area contributed by atoms with Crippen LogP contribution in [-0.2, 0) is 4.79 Å². The molecule has 1 saturated carbocycles. The Kier molecular flexibility index (Phi) is 1.62. The summed E-state index contributed by atoms with van der Waals surface area (Å²) in [6.45, 7) is 4.96. The highest BCUT2D eigenvalue weighted by Gasteiger charge is 2.52. The molecule has 1 aliphatic carbocycles. The SMILES string of the molecule is CC1(C)CC(C)(O)C(O)C1=O. The minimum atomic E-state index is -1.24. The van der Waals surface area contributed by atoms with E-state index < -0.39 is 17.1 Å². The molecule has 1 rings (SSSR count). The van der Waals surface area contributed by atoms with Crippen LogP contribution in [0.4, 0.5) is 0 Å². The molecule has 0 heterocycles. The lowest BCUT2D eigenvalue weighted by molar-refractivity contribution is -0.135. The van der Waals surface area contributed by atoms with Crippen molar-refractivity contribution < 1.29 is 15.0 Å². The maximum Gasteiger partial charge on any atom is 0.169 e. The van der Waals surface area contributed by atoms with Gasteiger partial charge in [0, 0.05) is 5.41 Å². The molecule has 11 heavy (non-hydrogen) atoms. The summed E-state index contributed by atoms with van der Waals surface area (Å²) < 4.78 is 0. The fraction of sp³-hybridized carbons (Fsp3) is 0.875. The highest BCUT2D eigenvalue weighted by molar-refractivity contribution is 5.91.